The lowest BCUT2D eigenvalue weighted by molar-refractivity contribution is -0.135. The second kappa shape index (κ2) is 5.82. The van der Waals surface area contributed by atoms with Crippen molar-refractivity contribution in [2.24, 2.45) is 0 Å². The van der Waals surface area contributed by atoms with Gasteiger partial charge in [-0.1, -0.05) is 6.07 Å². The lowest BCUT2D eigenvalue weighted by Crippen LogP contribution is -2.30. The highest BCUT2D eigenvalue weighted by Gasteiger charge is 2.27. The first kappa shape index (κ1) is 14.2. The average Bonchev–Trinajstić information content (AvgIpc) is 2.37. The molecule has 1 N–H and O–H groups in total. The van der Waals surface area contributed by atoms with E-state index in [0.29, 0.717) is 6.42 Å². The summed E-state index contributed by atoms with van der Waals surface area (Å²) in [5.41, 5.74) is 2.28. The molecule has 0 bridgehead atoms. The van der Waals surface area contributed by atoms with Crippen molar-refractivity contribution in [3.8, 4) is 5.75 Å². The Balaban J connectivity index is 2.01. The first-order valence-corrected chi connectivity index (χ1v) is 6.46. The first-order valence-electron chi connectivity index (χ1n) is 6.46. The molecule has 0 spiro atoms. The summed E-state index contributed by atoms with van der Waals surface area (Å²) in [6.07, 6.45) is -3.21. The molecule has 1 aromatic rings. The smallest absolute Gasteiger partial charge is 0.389 e. The predicted octanol–water partition coefficient (Wildman–Crippen LogP) is 3.61. The molecule has 0 fully saturated rings. The second-order valence-corrected chi connectivity index (χ2v) is 4.83. The number of halogens is 3. The molecule has 0 radical (unpaired) electrons. The SMILES string of the molecule is COc1ccc2c(c1)CCNC2CCCC(F)(F)F. The minimum atomic E-state index is -4.06. The fourth-order valence-electron chi connectivity index (χ4n) is 2.52. The number of nitrogens with one attached hydrogen (secondary N) is 1. The van der Waals surface area contributed by atoms with E-state index >= 15 is 0 Å². The van der Waals surface area contributed by atoms with Crippen molar-refractivity contribution < 1.29 is 17.9 Å². The predicted molar refractivity (Wildman–Crippen MR) is 67.3 cm³/mol. The van der Waals surface area contributed by atoms with Crippen LogP contribution in [-0.4, -0.2) is 19.8 Å². The molecule has 19 heavy (non-hydrogen) atoms. The monoisotopic (exact) mass is 273 g/mol. The van der Waals surface area contributed by atoms with Crippen LogP contribution < -0.4 is 10.1 Å². The number of methoxy groups -OCH3 is 1. The molecule has 0 saturated carbocycles. The van der Waals surface area contributed by atoms with Gasteiger partial charge >= 0.3 is 6.18 Å². The van der Waals surface area contributed by atoms with Crippen LogP contribution in [0.15, 0.2) is 18.2 Å². The van der Waals surface area contributed by atoms with Crippen molar-refractivity contribution in [2.75, 3.05) is 13.7 Å². The molecule has 1 aliphatic rings. The number of hydrogen-bond acceptors (Lipinski definition) is 2. The van der Waals surface area contributed by atoms with Crippen LogP contribution in [0.3, 0.4) is 0 Å². The van der Waals surface area contributed by atoms with E-state index in [9.17, 15) is 13.2 Å². The van der Waals surface area contributed by atoms with Gasteiger partial charge in [0.2, 0.25) is 0 Å². The highest BCUT2D eigenvalue weighted by molar-refractivity contribution is 5.39. The molecule has 1 aromatic carbocycles. The van der Waals surface area contributed by atoms with Gasteiger partial charge in [0.1, 0.15) is 5.75 Å². The lowest BCUT2D eigenvalue weighted by Gasteiger charge is -2.27. The van der Waals surface area contributed by atoms with Crippen LogP contribution in [0.25, 0.3) is 0 Å². The van der Waals surface area contributed by atoms with Crippen LogP contribution in [0.4, 0.5) is 13.2 Å². The van der Waals surface area contributed by atoms with Crippen molar-refractivity contribution in [3.05, 3.63) is 29.3 Å². The maximum Gasteiger partial charge on any atom is 0.389 e. The Morgan fingerprint density at radius 3 is 2.84 bits per heavy atom. The number of ether oxygens (including phenoxy) is 1. The summed E-state index contributed by atoms with van der Waals surface area (Å²) in [6, 6.07) is 5.82. The molecule has 106 valence electrons. The van der Waals surface area contributed by atoms with E-state index in [1.54, 1.807) is 7.11 Å². The summed E-state index contributed by atoms with van der Waals surface area (Å²) in [4.78, 5) is 0. The number of fused-ring (bicyclic) bond motifs is 1. The van der Waals surface area contributed by atoms with Gasteiger partial charge in [0, 0.05) is 12.5 Å². The van der Waals surface area contributed by atoms with Crippen molar-refractivity contribution >= 4 is 0 Å². The summed E-state index contributed by atoms with van der Waals surface area (Å²) in [6.45, 7) is 0.802. The second-order valence-electron chi connectivity index (χ2n) is 4.83. The number of benzene rings is 1. The quantitative estimate of drug-likeness (QED) is 0.904. The summed E-state index contributed by atoms with van der Waals surface area (Å²) < 4.78 is 41.7. The third-order valence-electron chi connectivity index (χ3n) is 3.46. The Morgan fingerprint density at radius 2 is 2.16 bits per heavy atom. The largest absolute Gasteiger partial charge is 0.497 e. The molecule has 0 aromatic heterocycles. The molecule has 0 aliphatic carbocycles. The highest BCUT2D eigenvalue weighted by atomic mass is 19.4. The zero-order valence-electron chi connectivity index (χ0n) is 10.9. The van der Waals surface area contributed by atoms with Crippen LogP contribution in [0.5, 0.6) is 5.75 Å². The van der Waals surface area contributed by atoms with Crippen molar-refractivity contribution in [2.45, 2.75) is 37.9 Å². The lowest BCUT2D eigenvalue weighted by atomic mass is 9.91. The Morgan fingerprint density at radius 1 is 1.37 bits per heavy atom. The topological polar surface area (TPSA) is 21.3 Å². The van der Waals surface area contributed by atoms with Gasteiger partial charge in [-0.05, 0) is 49.1 Å². The van der Waals surface area contributed by atoms with E-state index in [4.69, 9.17) is 4.74 Å². The normalized spacial score (nSPS) is 19.1. The van der Waals surface area contributed by atoms with E-state index in [1.807, 2.05) is 18.2 Å². The van der Waals surface area contributed by atoms with Gasteiger partial charge in [-0.3, -0.25) is 0 Å². The Hall–Kier alpha value is -1.23. The zero-order chi connectivity index (χ0) is 13.9. The Kier molecular flexibility index (Phi) is 4.34. The van der Waals surface area contributed by atoms with Crippen LogP contribution in [-0.2, 0) is 6.42 Å². The van der Waals surface area contributed by atoms with Gasteiger partial charge < -0.3 is 10.1 Å². The average molecular weight is 273 g/mol. The van der Waals surface area contributed by atoms with Crippen LogP contribution >= 0.6 is 0 Å². The molecule has 5 heteroatoms. The van der Waals surface area contributed by atoms with Crippen molar-refractivity contribution in [3.63, 3.8) is 0 Å². The molecule has 2 nitrogen and oxygen atoms in total. The minimum Gasteiger partial charge on any atom is -0.497 e. The number of rotatable bonds is 4. The van der Waals surface area contributed by atoms with Crippen LogP contribution in [0.1, 0.15) is 36.4 Å². The molecule has 1 atom stereocenters. The van der Waals surface area contributed by atoms with E-state index < -0.39 is 12.6 Å². The maximum absolute atomic E-state index is 12.2. The zero-order valence-corrected chi connectivity index (χ0v) is 10.9. The van der Waals surface area contributed by atoms with Crippen LogP contribution in [0, 0.1) is 0 Å². The third kappa shape index (κ3) is 3.86. The Bertz CT molecular complexity index is 431. The molecule has 1 unspecified atom stereocenters. The van der Waals surface area contributed by atoms with E-state index in [0.717, 1.165) is 24.3 Å². The van der Waals surface area contributed by atoms with E-state index in [2.05, 4.69) is 5.32 Å². The van der Waals surface area contributed by atoms with Gasteiger partial charge in [-0.15, -0.1) is 0 Å². The Labute approximate surface area is 111 Å². The van der Waals surface area contributed by atoms with E-state index in [-0.39, 0.29) is 12.5 Å². The van der Waals surface area contributed by atoms with Gasteiger partial charge in [-0.2, -0.15) is 13.2 Å². The fraction of sp³-hybridized carbons (Fsp3) is 0.571. The van der Waals surface area contributed by atoms with Gasteiger partial charge in [0.25, 0.3) is 0 Å². The molecular weight excluding hydrogens is 255 g/mol. The summed E-state index contributed by atoms with van der Waals surface area (Å²) in [5.74, 6) is 0.801. The van der Waals surface area contributed by atoms with Gasteiger partial charge in [-0.25, -0.2) is 0 Å². The molecule has 0 amide bonds. The van der Waals surface area contributed by atoms with E-state index in [1.165, 1.54) is 5.56 Å². The first-order chi connectivity index (χ1) is 8.99. The number of hydrogen-bond donors (Lipinski definition) is 1. The molecule has 1 heterocycles. The minimum absolute atomic E-state index is 0.0250. The van der Waals surface area contributed by atoms with Crippen molar-refractivity contribution in [1.82, 2.24) is 5.32 Å². The van der Waals surface area contributed by atoms with Gasteiger partial charge in [0.05, 0.1) is 7.11 Å². The molecule has 0 saturated heterocycles. The highest BCUT2D eigenvalue weighted by Crippen LogP contribution is 2.31. The fourth-order valence-corrected chi connectivity index (χ4v) is 2.52. The van der Waals surface area contributed by atoms with Gasteiger partial charge in [0.15, 0.2) is 0 Å². The third-order valence-corrected chi connectivity index (χ3v) is 3.46. The number of alkyl halides is 3. The summed E-state index contributed by atoms with van der Waals surface area (Å²) >= 11 is 0. The summed E-state index contributed by atoms with van der Waals surface area (Å²) in [5, 5.41) is 3.29. The maximum atomic E-state index is 12.2. The summed E-state index contributed by atoms with van der Waals surface area (Å²) in [7, 11) is 1.61. The molecule has 2 rings (SSSR count). The van der Waals surface area contributed by atoms with Crippen LogP contribution in [0.2, 0.25) is 0 Å². The molecular formula is C14H18F3NO. The standard InChI is InChI=1S/C14H18F3NO/c1-19-11-4-5-12-10(9-11)6-8-18-13(12)3-2-7-14(15,16)17/h4-5,9,13,18H,2-3,6-8H2,1H3. The van der Waals surface area contributed by atoms with Crippen molar-refractivity contribution in [1.29, 1.82) is 0 Å². The molecule has 1 aliphatic heterocycles.